The van der Waals surface area contributed by atoms with Gasteiger partial charge in [-0.2, -0.15) is 4.31 Å². The van der Waals surface area contributed by atoms with Gasteiger partial charge in [0.1, 0.15) is 5.76 Å². The minimum absolute atomic E-state index is 0.0242. The molecule has 1 aromatic rings. The van der Waals surface area contributed by atoms with Crippen molar-refractivity contribution in [2.24, 2.45) is 0 Å². The van der Waals surface area contributed by atoms with Crippen molar-refractivity contribution in [3.8, 4) is 0 Å². The van der Waals surface area contributed by atoms with E-state index in [1.54, 1.807) is 16.4 Å². The molecule has 6 heteroatoms. The summed E-state index contributed by atoms with van der Waals surface area (Å²) in [6, 6.07) is 3.26. The first-order valence-corrected chi connectivity index (χ1v) is 9.22. The van der Waals surface area contributed by atoms with Crippen LogP contribution in [-0.2, 0) is 16.6 Å². The molecule has 0 amide bonds. The van der Waals surface area contributed by atoms with Crippen molar-refractivity contribution < 1.29 is 12.8 Å². The summed E-state index contributed by atoms with van der Waals surface area (Å²) < 4.78 is 32.6. The summed E-state index contributed by atoms with van der Waals surface area (Å²) in [5.74, 6) is 0.648. The third-order valence-corrected chi connectivity index (χ3v) is 5.45. The van der Waals surface area contributed by atoms with E-state index in [0.717, 1.165) is 25.8 Å². The number of rotatable bonds is 10. The molecular formula is C15H28N2O3S. The zero-order valence-corrected chi connectivity index (χ0v) is 14.4. The summed E-state index contributed by atoms with van der Waals surface area (Å²) in [6.07, 6.45) is 2.61. The molecule has 0 radical (unpaired) electrons. The van der Waals surface area contributed by atoms with Crippen molar-refractivity contribution in [2.45, 2.75) is 64.6 Å². The highest BCUT2D eigenvalue weighted by Gasteiger charge is 2.30. The van der Waals surface area contributed by atoms with Crippen LogP contribution in [0.1, 0.15) is 52.7 Å². The van der Waals surface area contributed by atoms with Crippen molar-refractivity contribution in [2.75, 3.05) is 13.1 Å². The molecule has 1 unspecified atom stereocenters. The Morgan fingerprint density at radius 3 is 2.57 bits per heavy atom. The van der Waals surface area contributed by atoms with Crippen LogP contribution in [0.5, 0.6) is 0 Å². The molecule has 0 bridgehead atoms. The van der Waals surface area contributed by atoms with Crippen molar-refractivity contribution >= 4 is 10.0 Å². The lowest BCUT2D eigenvalue weighted by molar-refractivity contribution is 0.308. The summed E-state index contributed by atoms with van der Waals surface area (Å²) >= 11 is 0. The van der Waals surface area contributed by atoms with E-state index in [4.69, 9.17) is 4.42 Å². The third kappa shape index (κ3) is 4.83. The van der Waals surface area contributed by atoms with Crippen molar-refractivity contribution in [3.05, 3.63) is 17.9 Å². The zero-order valence-electron chi connectivity index (χ0n) is 13.6. The van der Waals surface area contributed by atoms with Crippen LogP contribution < -0.4 is 5.32 Å². The predicted molar refractivity (Wildman–Crippen MR) is 84.6 cm³/mol. The fourth-order valence-electron chi connectivity index (χ4n) is 2.05. The lowest BCUT2D eigenvalue weighted by Gasteiger charge is -2.26. The fourth-order valence-corrected chi connectivity index (χ4v) is 3.73. The van der Waals surface area contributed by atoms with E-state index in [1.807, 2.05) is 20.8 Å². The Morgan fingerprint density at radius 2 is 2.00 bits per heavy atom. The lowest BCUT2D eigenvalue weighted by atomic mass is 10.2. The van der Waals surface area contributed by atoms with Crippen LogP contribution in [0.2, 0.25) is 0 Å². The smallest absolute Gasteiger partial charge is 0.276 e. The Kier molecular flexibility index (Phi) is 7.42. The Hall–Kier alpha value is -0.850. The number of nitrogens with zero attached hydrogens (tertiary/aromatic N) is 1. The Morgan fingerprint density at radius 1 is 1.29 bits per heavy atom. The van der Waals surface area contributed by atoms with Gasteiger partial charge in [0.05, 0.1) is 6.54 Å². The van der Waals surface area contributed by atoms with Crippen molar-refractivity contribution in [1.82, 2.24) is 9.62 Å². The maximum atomic E-state index is 12.7. The number of furan rings is 1. The Bertz CT molecular complexity index is 511. The van der Waals surface area contributed by atoms with E-state index in [0.29, 0.717) is 18.8 Å². The molecule has 0 saturated heterocycles. The van der Waals surface area contributed by atoms with Crippen LogP contribution in [-0.4, -0.2) is 31.9 Å². The quantitative estimate of drug-likeness (QED) is 0.721. The molecule has 1 heterocycles. The molecule has 0 aliphatic rings. The maximum Gasteiger partial charge on any atom is 0.276 e. The van der Waals surface area contributed by atoms with Gasteiger partial charge in [-0.05, 0) is 38.4 Å². The molecule has 0 spiro atoms. The molecule has 122 valence electrons. The SMILES string of the molecule is CCCCN(C(C)CC)S(=O)(=O)c1ccc(CNCC)o1. The van der Waals surface area contributed by atoms with E-state index in [1.165, 1.54) is 0 Å². The molecule has 1 N–H and O–H groups in total. The summed E-state index contributed by atoms with van der Waals surface area (Å²) in [4.78, 5) is 0. The average molecular weight is 316 g/mol. The number of hydrogen-bond acceptors (Lipinski definition) is 4. The highest BCUT2D eigenvalue weighted by Crippen LogP contribution is 2.22. The molecule has 0 aliphatic heterocycles. The van der Waals surface area contributed by atoms with Crippen LogP contribution in [0.25, 0.3) is 0 Å². The second kappa shape index (κ2) is 8.56. The molecule has 1 rings (SSSR count). The van der Waals surface area contributed by atoms with E-state index < -0.39 is 10.0 Å². The largest absolute Gasteiger partial charge is 0.447 e. The fraction of sp³-hybridized carbons (Fsp3) is 0.733. The summed E-state index contributed by atoms with van der Waals surface area (Å²) in [5.41, 5.74) is 0. The van der Waals surface area contributed by atoms with Crippen molar-refractivity contribution in [3.63, 3.8) is 0 Å². The van der Waals surface area contributed by atoms with Crippen LogP contribution in [0.4, 0.5) is 0 Å². The van der Waals surface area contributed by atoms with Crippen LogP contribution >= 0.6 is 0 Å². The molecule has 0 aromatic carbocycles. The normalized spacial score (nSPS) is 13.8. The van der Waals surface area contributed by atoms with E-state index >= 15 is 0 Å². The highest BCUT2D eigenvalue weighted by atomic mass is 32.2. The monoisotopic (exact) mass is 316 g/mol. The second-order valence-electron chi connectivity index (χ2n) is 5.23. The highest BCUT2D eigenvalue weighted by molar-refractivity contribution is 7.89. The first kappa shape index (κ1) is 18.2. The van der Waals surface area contributed by atoms with Gasteiger partial charge < -0.3 is 9.73 Å². The van der Waals surface area contributed by atoms with Gasteiger partial charge in [0.2, 0.25) is 5.09 Å². The van der Waals surface area contributed by atoms with Crippen molar-refractivity contribution in [1.29, 1.82) is 0 Å². The van der Waals surface area contributed by atoms with Gasteiger partial charge in [0.15, 0.2) is 0 Å². The predicted octanol–water partition coefficient (Wildman–Crippen LogP) is 2.98. The standard InChI is InChI=1S/C15H28N2O3S/c1-5-8-11-17(13(4)6-2)21(18,19)15-10-9-14(20-15)12-16-7-3/h9-10,13,16H,5-8,11-12H2,1-4H3. The van der Waals surface area contributed by atoms with Gasteiger partial charge in [-0.15, -0.1) is 0 Å². The summed E-state index contributed by atoms with van der Waals surface area (Å²) in [5, 5.41) is 3.17. The number of nitrogens with one attached hydrogen (secondary N) is 1. The van der Waals surface area contributed by atoms with Crippen LogP contribution in [0.3, 0.4) is 0 Å². The summed E-state index contributed by atoms with van der Waals surface area (Å²) in [7, 11) is -3.55. The van der Waals surface area contributed by atoms with Crippen LogP contribution in [0.15, 0.2) is 21.6 Å². The molecule has 0 aliphatic carbocycles. The molecule has 0 fully saturated rings. The third-order valence-electron chi connectivity index (χ3n) is 3.56. The van der Waals surface area contributed by atoms with E-state index in [-0.39, 0.29) is 11.1 Å². The first-order valence-electron chi connectivity index (χ1n) is 7.78. The Balaban J connectivity index is 2.96. The number of unbranched alkanes of at least 4 members (excludes halogenated alkanes) is 1. The summed E-state index contributed by atoms with van der Waals surface area (Å²) in [6.45, 7) is 9.89. The van der Waals surface area contributed by atoms with Gasteiger partial charge in [-0.25, -0.2) is 8.42 Å². The molecule has 5 nitrogen and oxygen atoms in total. The van der Waals surface area contributed by atoms with Gasteiger partial charge in [0, 0.05) is 12.6 Å². The van der Waals surface area contributed by atoms with E-state index in [2.05, 4.69) is 12.2 Å². The minimum atomic E-state index is -3.55. The molecule has 1 atom stereocenters. The first-order chi connectivity index (χ1) is 9.97. The second-order valence-corrected chi connectivity index (χ2v) is 7.05. The molecular weight excluding hydrogens is 288 g/mol. The minimum Gasteiger partial charge on any atom is -0.447 e. The van der Waals surface area contributed by atoms with Gasteiger partial charge >= 0.3 is 0 Å². The number of hydrogen-bond donors (Lipinski definition) is 1. The zero-order chi connectivity index (χ0) is 15.9. The average Bonchev–Trinajstić information content (AvgIpc) is 2.94. The van der Waals surface area contributed by atoms with Gasteiger partial charge in [-0.3, -0.25) is 0 Å². The number of sulfonamides is 1. The van der Waals surface area contributed by atoms with E-state index in [9.17, 15) is 8.42 Å². The Labute approximate surface area is 128 Å². The van der Waals surface area contributed by atoms with Gasteiger partial charge in [0.25, 0.3) is 10.0 Å². The lowest BCUT2D eigenvalue weighted by Crippen LogP contribution is -2.38. The maximum absolute atomic E-state index is 12.7. The van der Waals surface area contributed by atoms with Crippen LogP contribution in [0, 0.1) is 0 Å². The molecule has 0 saturated carbocycles. The van der Waals surface area contributed by atoms with Gasteiger partial charge in [-0.1, -0.05) is 27.2 Å². The molecule has 1 aromatic heterocycles. The molecule has 21 heavy (non-hydrogen) atoms. The topological polar surface area (TPSA) is 62.6 Å².